The molecule has 0 N–H and O–H groups in total. The molecule has 0 radical (unpaired) electrons. The van der Waals surface area contributed by atoms with E-state index in [4.69, 9.17) is 4.74 Å². The molecule has 1 heterocycles. The van der Waals surface area contributed by atoms with Crippen LogP contribution >= 0.6 is 22.6 Å². The van der Waals surface area contributed by atoms with E-state index in [0.717, 1.165) is 0 Å². The van der Waals surface area contributed by atoms with E-state index in [1.54, 1.807) is 12.2 Å². The number of nitrogens with zero attached hydrogens (tertiary/aromatic N) is 2. The Morgan fingerprint density at radius 3 is 2.82 bits per heavy atom. The van der Waals surface area contributed by atoms with Gasteiger partial charge in [0.2, 0.25) is 0 Å². The summed E-state index contributed by atoms with van der Waals surface area (Å²) >= 11 is 2.24. The quantitative estimate of drug-likeness (QED) is 0.251. The first-order valence-corrected chi connectivity index (χ1v) is 6.49. The Bertz CT molecular complexity index is 347. The first kappa shape index (κ1) is 14.5. The highest BCUT2D eigenvalue weighted by Gasteiger charge is 2.22. The van der Waals surface area contributed by atoms with Crippen molar-refractivity contribution in [2.75, 3.05) is 34.3 Å². The van der Waals surface area contributed by atoms with Gasteiger partial charge in [0.05, 0.1) is 26.7 Å². The van der Waals surface area contributed by atoms with E-state index >= 15 is 0 Å². The molecule has 17 heavy (non-hydrogen) atoms. The number of ether oxygens (including phenoxy) is 1. The van der Waals surface area contributed by atoms with Crippen LogP contribution in [0, 0.1) is 5.21 Å². The summed E-state index contributed by atoms with van der Waals surface area (Å²) < 4.78 is 6.05. The summed E-state index contributed by atoms with van der Waals surface area (Å²) in [5.74, 6) is -0.447. The number of halogens is 1. The summed E-state index contributed by atoms with van der Waals surface area (Å²) in [4.78, 5) is 11.7. The van der Waals surface area contributed by atoms with Crippen LogP contribution in [0.2, 0.25) is 0 Å². The van der Waals surface area contributed by atoms with Gasteiger partial charge in [-0.3, -0.25) is 0 Å². The lowest BCUT2D eigenvalue weighted by molar-refractivity contribution is -0.876. The van der Waals surface area contributed by atoms with Crippen LogP contribution in [0.4, 0.5) is 0 Å². The number of hydrogen-bond donors (Lipinski definition) is 0. The molecule has 5 nitrogen and oxygen atoms in total. The molecular weight excluding hydrogens is 335 g/mol. The molecule has 6 heteroatoms. The van der Waals surface area contributed by atoms with Crippen molar-refractivity contribution >= 4 is 28.6 Å². The second-order valence-electron chi connectivity index (χ2n) is 4.74. The zero-order valence-electron chi connectivity index (χ0n) is 10.2. The Morgan fingerprint density at radius 2 is 2.29 bits per heavy atom. The van der Waals surface area contributed by atoms with Crippen LogP contribution in [0.15, 0.2) is 23.9 Å². The third kappa shape index (κ3) is 4.64. The molecule has 0 spiro atoms. The third-order valence-electron chi connectivity index (χ3n) is 2.29. The predicted octanol–water partition coefficient (Wildman–Crippen LogP) is 1.25. The minimum Gasteiger partial charge on any atom is -0.758 e. The normalized spacial score (nSPS) is 17.7. The molecule has 0 aromatic rings. The summed E-state index contributed by atoms with van der Waals surface area (Å²) in [5, 5.41) is 11.8. The van der Waals surface area contributed by atoms with Gasteiger partial charge in [0.1, 0.15) is 0 Å². The number of carbonyl (C=O) groups is 1. The van der Waals surface area contributed by atoms with Crippen LogP contribution in [0.25, 0.3) is 0 Å². The average molecular weight is 352 g/mol. The van der Waals surface area contributed by atoms with Gasteiger partial charge in [0.25, 0.3) is 0 Å². The van der Waals surface area contributed by atoms with Gasteiger partial charge in [-0.05, 0) is 28.7 Å². The van der Waals surface area contributed by atoms with Gasteiger partial charge in [-0.1, -0.05) is 6.08 Å². The largest absolute Gasteiger partial charge is 0.758 e. The van der Waals surface area contributed by atoms with E-state index in [9.17, 15) is 10.0 Å². The molecular formula is C11H17IN2O3. The van der Waals surface area contributed by atoms with Gasteiger partial charge < -0.3 is 19.5 Å². The van der Waals surface area contributed by atoms with Crippen LogP contribution in [-0.4, -0.2) is 53.9 Å². The lowest BCUT2D eigenvalue weighted by atomic mass is 10.2. The molecule has 1 rings (SSSR count). The number of hydrogen-bond acceptors (Lipinski definition) is 4. The molecule has 0 saturated heterocycles. The molecule has 0 aromatic carbocycles. The number of rotatable bonds is 4. The fourth-order valence-electron chi connectivity index (χ4n) is 1.11. The maximum atomic E-state index is 11.7. The molecule has 1 atom stereocenters. The van der Waals surface area contributed by atoms with Crippen molar-refractivity contribution in [3.05, 3.63) is 29.1 Å². The first-order chi connectivity index (χ1) is 7.80. The average Bonchev–Trinajstić information content (AvgIpc) is 2.24. The number of quaternary nitrogens is 1. The van der Waals surface area contributed by atoms with Crippen LogP contribution in [0.1, 0.15) is 0 Å². The van der Waals surface area contributed by atoms with Crippen molar-refractivity contribution in [2.45, 2.75) is 4.05 Å². The zero-order valence-corrected chi connectivity index (χ0v) is 12.4. The highest BCUT2D eigenvalue weighted by atomic mass is 127. The number of hydroxylamine groups is 2. The van der Waals surface area contributed by atoms with Crippen molar-refractivity contribution in [2.24, 2.45) is 0 Å². The van der Waals surface area contributed by atoms with E-state index < -0.39 is 5.97 Å². The minimum absolute atomic E-state index is 0.174. The number of esters is 1. The van der Waals surface area contributed by atoms with Crippen LogP contribution in [0.3, 0.4) is 0 Å². The number of alkyl halides is 1. The molecule has 0 saturated carbocycles. The third-order valence-corrected chi connectivity index (χ3v) is 4.32. The monoisotopic (exact) mass is 352 g/mol. The van der Waals surface area contributed by atoms with Crippen molar-refractivity contribution < 1.29 is 14.0 Å². The van der Waals surface area contributed by atoms with Gasteiger partial charge in [0, 0.05) is 12.7 Å². The molecule has 0 aromatic heterocycles. The fraction of sp³-hybridized carbons (Fsp3) is 0.545. The van der Waals surface area contributed by atoms with Crippen molar-refractivity contribution in [1.82, 2.24) is 5.06 Å². The highest BCUT2D eigenvalue weighted by Crippen LogP contribution is 2.14. The van der Waals surface area contributed by atoms with E-state index in [-0.39, 0.29) is 10.6 Å². The summed E-state index contributed by atoms with van der Waals surface area (Å²) in [6.07, 6.45) is 4.52. The molecule has 96 valence electrons. The molecule has 0 bridgehead atoms. The van der Waals surface area contributed by atoms with Gasteiger partial charge in [0.15, 0.2) is 10.7 Å². The first-order valence-electron chi connectivity index (χ1n) is 5.25. The Kier molecular flexibility index (Phi) is 4.96. The maximum absolute atomic E-state index is 11.7. The van der Waals surface area contributed by atoms with Crippen LogP contribution in [-0.2, 0) is 9.53 Å². The minimum atomic E-state index is -0.447. The van der Waals surface area contributed by atoms with Gasteiger partial charge in [-0.25, -0.2) is 4.79 Å². The van der Waals surface area contributed by atoms with E-state index in [2.05, 4.69) is 22.6 Å². The van der Waals surface area contributed by atoms with Crippen molar-refractivity contribution in [3.63, 3.8) is 0 Å². The predicted molar refractivity (Wildman–Crippen MR) is 74.1 cm³/mol. The number of carbonyl (C=O) groups excluding carboxylic acids is 1. The lowest BCUT2D eigenvalue weighted by Crippen LogP contribution is -2.44. The Labute approximate surface area is 115 Å². The number of likely N-dealkylation sites (N-methyl/N-ethyl adjacent to an activating group) is 1. The van der Waals surface area contributed by atoms with E-state index in [1.165, 1.54) is 6.20 Å². The summed E-state index contributed by atoms with van der Waals surface area (Å²) in [7, 11) is 6.10. The van der Waals surface area contributed by atoms with Gasteiger partial charge in [-0.2, -0.15) is 0 Å². The second-order valence-corrected chi connectivity index (χ2v) is 6.17. The summed E-state index contributed by atoms with van der Waals surface area (Å²) in [6.45, 7) is 0.609. The highest BCUT2D eigenvalue weighted by molar-refractivity contribution is 14.1. The molecule has 1 unspecified atom stereocenters. The topological polar surface area (TPSA) is 52.6 Å². The Hall–Kier alpha value is -0.600. The van der Waals surface area contributed by atoms with Crippen LogP contribution < -0.4 is 0 Å². The SMILES string of the molecule is C[N+](C)(C)C(I)COC(=O)C1=CN([O-])CC=C1. The Morgan fingerprint density at radius 1 is 1.65 bits per heavy atom. The summed E-state index contributed by atoms with van der Waals surface area (Å²) in [6, 6.07) is 0. The fourth-order valence-corrected chi connectivity index (χ4v) is 1.29. The molecule has 1 aliphatic rings. The maximum Gasteiger partial charge on any atom is 0.339 e. The van der Waals surface area contributed by atoms with Crippen LogP contribution in [0.5, 0.6) is 0 Å². The summed E-state index contributed by atoms with van der Waals surface area (Å²) in [5.41, 5.74) is 0.302. The van der Waals surface area contributed by atoms with E-state index in [0.29, 0.717) is 21.7 Å². The molecule has 0 aliphatic carbocycles. The Balaban J connectivity index is 2.48. The van der Waals surface area contributed by atoms with Crippen molar-refractivity contribution in [3.8, 4) is 0 Å². The lowest BCUT2D eigenvalue weighted by Gasteiger charge is -2.30. The molecule has 1 aliphatic heterocycles. The van der Waals surface area contributed by atoms with Gasteiger partial charge in [-0.15, -0.1) is 0 Å². The zero-order chi connectivity index (χ0) is 13.1. The molecule has 0 fully saturated rings. The standard InChI is InChI=1S/C11H17IN2O3/c1-14(2,3)10(12)8-17-11(15)9-5-4-6-13(16)7-9/h4-5,7,10H,6,8H2,1-3H3. The molecule has 0 amide bonds. The smallest absolute Gasteiger partial charge is 0.339 e. The second kappa shape index (κ2) is 5.83. The van der Waals surface area contributed by atoms with Gasteiger partial charge >= 0.3 is 5.97 Å². The van der Waals surface area contributed by atoms with E-state index in [1.807, 2.05) is 21.1 Å². The van der Waals surface area contributed by atoms with Crippen molar-refractivity contribution in [1.29, 1.82) is 0 Å².